The van der Waals surface area contributed by atoms with Crippen LogP contribution >= 0.6 is 23.2 Å². The molecule has 2 nitrogen and oxygen atoms in total. The van der Waals surface area contributed by atoms with E-state index in [0.29, 0.717) is 15.6 Å². The molecule has 1 aromatic carbocycles. The summed E-state index contributed by atoms with van der Waals surface area (Å²) < 4.78 is 14.2. The third-order valence-corrected chi connectivity index (χ3v) is 3.54. The molecule has 106 valence electrons. The quantitative estimate of drug-likeness (QED) is 0.871. The van der Waals surface area contributed by atoms with E-state index in [2.05, 4.69) is 17.2 Å². The van der Waals surface area contributed by atoms with Crippen LogP contribution in [-0.2, 0) is 0 Å². The van der Waals surface area contributed by atoms with Gasteiger partial charge in [-0.15, -0.1) is 0 Å². The zero-order valence-corrected chi connectivity index (χ0v) is 12.5. The fourth-order valence-electron chi connectivity index (χ4n) is 2.03. The fraction of sp³-hybridized carbons (Fsp3) is 0.267. The van der Waals surface area contributed by atoms with Crippen molar-refractivity contribution >= 4 is 23.2 Å². The lowest BCUT2D eigenvalue weighted by molar-refractivity contribution is 0.546. The Morgan fingerprint density at radius 1 is 1.25 bits per heavy atom. The molecule has 0 bridgehead atoms. The van der Waals surface area contributed by atoms with Gasteiger partial charge in [-0.05, 0) is 36.7 Å². The molecule has 1 N–H and O–H groups in total. The van der Waals surface area contributed by atoms with E-state index in [1.807, 2.05) is 0 Å². The Hall–Kier alpha value is -1.16. The molecule has 0 radical (unpaired) electrons. The number of benzene rings is 1. The van der Waals surface area contributed by atoms with Crippen LogP contribution in [0.25, 0.3) is 0 Å². The molecule has 0 fully saturated rings. The maximum absolute atomic E-state index is 14.2. The molecule has 1 aromatic heterocycles. The molecule has 0 saturated heterocycles. The Morgan fingerprint density at radius 2 is 2.05 bits per heavy atom. The molecule has 0 aliphatic rings. The van der Waals surface area contributed by atoms with Gasteiger partial charge in [0.2, 0.25) is 0 Å². The van der Waals surface area contributed by atoms with E-state index >= 15 is 0 Å². The first kappa shape index (κ1) is 15.2. The summed E-state index contributed by atoms with van der Waals surface area (Å²) in [7, 11) is 0. The highest BCUT2D eigenvalue weighted by Gasteiger charge is 2.19. The second kappa shape index (κ2) is 7.02. The van der Waals surface area contributed by atoms with E-state index in [0.717, 1.165) is 18.5 Å². The zero-order valence-electron chi connectivity index (χ0n) is 11.0. The maximum atomic E-state index is 14.2. The minimum Gasteiger partial charge on any atom is -0.306 e. The summed E-state index contributed by atoms with van der Waals surface area (Å²) in [6.07, 6.45) is 4.15. The van der Waals surface area contributed by atoms with Crippen LogP contribution in [0.2, 0.25) is 10.0 Å². The predicted molar refractivity (Wildman–Crippen MR) is 80.8 cm³/mol. The van der Waals surface area contributed by atoms with Crippen molar-refractivity contribution in [2.24, 2.45) is 0 Å². The molecule has 0 aliphatic heterocycles. The summed E-state index contributed by atoms with van der Waals surface area (Å²) in [5.41, 5.74) is 1.33. The second-order valence-corrected chi connectivity index (χ2v) is 5.29. The van der Waals surface area contributed by atoms with E-state index in [-0.39, 0.29) is 11.9 Å². The smallest absolute Gasteiger partial charge is 0.129 e. The lowest BCUT2D eigenvalue weighted by Gasteiger charge is -2.21. The third kappa shape index (κ3) is 3.48. The molecular formula is C15H15Cl2FN2. The topological polar surface area (TPSA) is 24.9 Å². The largest absolute Gasteiger partial charge is 0.306 e. The molecule has 0 amide bonds. The van der Waals surface area contributed by atoms with Gasteiger partial charge in [-0.1, -0.05) is 36.2 Å². The van der Waals surface area contributed by atoms with Gasteiger partial charge in [0.05, 0.1) is 11.1 Å². The number of aromatic nitrogens is 1. The maximum Gasteiger partial charge on any atom is 0.129 e. The van der Waals surface area contributed by atoms with Crippen molar-refractivity contribution in [2.45, 2.75) is 19.4 Å². The molecule has 2 rings (SSSR count). The van der Waals surface area contributed by atoms with Gasteiger partial charge >= 0.3 is 0 Å². The van der Waals surface area contributed by atoms with E-state index in [9.17, 15) is 4.39 Å². The van der Waals surface area contributed by atoms with Crippen molar-refractivity contribution < 1.29 is 4.39 Å². The monoisotopic (exact) mass is 312 g/mol. The number of rotatable bonds is 5. The van der Waals surface area contributed by atoms with Gasteiger partial charge in [0.15, 0.2) is 0 Å². The first-order chi connectivity index (χ1) is 9.63. The lowest BCUT2D eigenvalue weighted by Crippen LogP contribution is -2.24. The summed E-state index contributed by atoms with van der Waals surface area (Å²) in [4.78, 5) is 3.96. The van der Waals surface area contributed by atoms with E-state index < -0.39 is 0 Å². The molecule has 1 atom stereocenters. The number of hydrogen-bond donors (Lipinski definition) is 1. The zero-order chi connectivity index (χ0) is 14.5. The summed E-state index contributed by atoms with van der Waals surface area (Å²) >= 11 is 12.0. The normalized spacial score (nSPS) is 12.4. The van der Waals surface area contributed by atoms with Gasteiger partial charge in [0.1, 0.15) is 5.82 Å². The van der Waals surface area contributed by atoms with Crippen LogP contribution in [0.1, 0.15) is 30.5 Å². The van der Waals surface area contributed by atoms with Crippen molar-refractivity contribution in [2.75, 3.05) is 6.54 Å². The Labute approximate surface area is 127 Å². The molecule has 0 spiro atoms. The Bertz CT molecular complexity index is 590. The van der Waals surface area contributed by atoms with Crippen LogP contribution in [0.5, 0.6) is 0 Å². The second-order valence-electron chi connectivity index (χ2n) is 4.45. The predicted octanol–water partition coefficient (Wildman–Crippen LogP) is 4.62. The molecular weight excluding hydrogens is 298 g/mol. The Kier molecular flexibility index (Phi) is 5.35. The fourth-order valence-corrected chi connectivity index (χ4v) is 2.42. The first-order valence-corrected chi connectivity index (χ1v) is 7.16. The Morgan fingerprint density at radius 3 is 2.70 bits per heavy atom. The van der Waals surface area contributed by atoms with Crippen LogP contribution < -0.4 is 5.32 Å². The van der Waals surface area contributed by atoms with Crippen molar-refractivity contribution in [3.05, 3.63) is 63.6 Å². The van der Waals surface area contributed by atoms with Crippen LogP contribution in [0, 0.1) is 5.82 Å². The lowest BCUT2D eigenvalue weighted by atomic mass is 9.99. The minimum atomic E-state index is -0.348. The Balaban J connectivity index is 2.44. The molecule has 5 heteroatoms. The summed E-state index contributed by atoms with van der Waals surface area (Å²) in [6, 6.07) is 6.15. The molecule has 0 saturated carbocycles. The third-order valence-electron chi connectivity index (χ3n) is 2.99. The van der Waals surface area contributed by atoms with Crippen molar-refractivity contribution in [1.29, 1.82) is 0 Å². The van der Waals surface area contributed by atoms with Crippen molar-refractivity contribution in [3.63, 3.8) is 0 Å². The first-order valence-electron chi connectivity index (χ1n) is 6.41. The standard InChI is InChI=1S/C15H15Cl2FN2/c1-2-6-20-15(11-5-7-19-9-13(11)17)12-4-3-10(16)8-14(12)18/h3-5,7-9,15,20H,2,6H2,1H3. The van der Waals surface area contributed by atoms with E-state index in [1.54, 1.807) is 30.6 Å². The van der Waals surface area contributed by atoms with Crippen molar-refractivity contribution in [1.82, 2.24) is 10.3 Å². The van der Waals surface area contributed by atoms with Gasteiger partial charge in [-0.2, -0.15) is 0 Å². The summed E-state index contributed by atoms with van der Waals surface area (Å²) in [6.45, 7) is 2.81. The SMILES string of the molecule is CCCNC(c1ccc(Cl)cc1F)c1ccncc1Cl. The van der Waals surface area contributed by atoms with Crippen molar-refractivity contribution in [3.8, 4) is 0 Å². The number of nitrogens with zero attached hydrogens (tertiary/aromatic N) is 1. The highest BCUT2D eigenvalue weighted by molar-refractivity contribution is 6.31. The van der Waals surface area contributed by atoms with Crippen LogP contribution in [0.15, 0.2) is 36.7 Å². The molecule has 1 heterocycles. The number of nitrogens with one attached hydrogen (secondary N) is 1. The van der Waals surface area contributed by atoms with Crippen LogP contribution in [-0.4, -0.2) is 11.5 Å². The number of pyridine rings is 1. The molecule has 1 unspecified atom stereocenters. The summed E-state index contributed by atoms with van der Waals surface area (Å²) in [5, 5.41) is 4.19. The van der Waals surface area contributed by atoms with Gasteiger partial charge < -0.3 is 5.32 Å². The van der Waals surface area contributed by atoms with Gasteiger partial charge in [0.25, 0.3) is 0 Å². The molecule has 0 aliphatic carbocycles. The van der Waals surface area contributed by atoms with E-state index in [1.165, 1.54) is 6.07 Å². The van der Waals surface area contributed by atoms with Gasteiger partial charge in [-0.3, -0.25) is 4.98 Å². The minimum absolute atomic E-state index is 0.317. The highest BCUT2D eigenvalue weighted by Crippen LogP contribution is 2.30. The highest BCUT2D eigenvalue weighted by atomic mass is 35.5. The van der Waals surface area contributed by atoms with Crippen LogP contribution in [0.3, 0.4) is 0 Å². The summed E-state index contributed by atoms with van der Waals surface area (Å²) in [5.74, 6) is -0.348. The average Bonchev–Trinajstić information content (AvgIpc) is 2.42. The number of halogens is 3. The molecule has 20 heavy (non-hydrogen) atoms. The van der Waals surface area contributed by atoms with Gasteiger partial charge in [0, 0.05) is 23.0 Å². The number of hydrogen-bond acceptors (Lipinski definition) is 2. The average molecular weight is 313 g/mol. The molecule has 2 aromatic rings. The van der Waals surface area contributed by atoms with E-state index in [4.69, 9.17) is 23.2 Å². The van der Waals surface area contributed by atoms with Crippen LogP contribution in [0.4, 0.5) is 4.39 Å². The van der Waals surface area contributed by atoms with Gasteiger partial charge in [-0.25, -0.2) is 4.39 Å².